The molecule has 2 saturated heterocycles. The first-order chi connectivity index (χ1) is 13.7. The van der Waals surface area contributed by atoms with E-state index in [1.165, 1.54) is 0 Å². The Morgan fingerprint density at radius 3 is 0.812 bits per heavy atom. The number of carbonyl (C=O) groups excluding carboxylic acids is 4. The molecule has 0 unspecified atom stereocenters. The quantitative estimate of drug-likeness (QED) is 0.147. The Hall–Kier alpha value is 0.339. The van der Waals surface area contributed by atoms with Crippen LogP contribution in [0, 0.1) is 0 Å². The van der Waals surface area contributed by atoms with E-state index in [2.05, 4.69) is 99.4 Å². The van der Waals surface area contributed by atoms with Gasteiger partial charge in [-0.25, -0.2) is 0 Å². The molecule has 2 heterocycles. The van der Waals surface area contributed by atoms with Crippen LogP contribution in [0.3, 0.4) is 0 Å². The maximum absolute atomic E-state index is 11.4. The van der Waals surface area contributed by atoms with E-state index in [1.807, 2.05) is 0 Å². The zero-order valence-electron chi connectivity index (χ0n) is 14.7. The number of amides is 4. The van der Waals surface area contributed by atoms with E-state index < -0.39 is 23.6 Å². The summed E-state index contributed by atoms with van der Waals surface area (Å²) < 4.78 is -0.579. The van der Waals surface area contributed by atoms with Gasteiger partial charge in [0.2, 0.25) is 23.6 Å². The molecule has 0 aromatic rings. The van der Waals surface area contributed by atoms with Crippen LogP contribution < -0.4 is 0 Å². The Morgan fingerprint density at radius 1 is 0.531 bits per heavy atom. The second kappa shape index (κ2) is 14.7. The fraction of sp³-hybridized carbons (Fsp3) is 0.167. The largest absolute Gasteiger partial charge is 2.00 e. The molecule has 8 nitrogen and oxygen atoms in total. The van der Waals surface area contributed by atoms with Crippen molar-refractivity contribution in [3.63, 3.8) is 0 Å². The summed E-state index contributed by atoms with van der Waals surface area (Å²) in [4.78, 5) is 49.1. The fourth-order valence-electron chi connectivity index (χ4n) is 1.92. The van der Waals surface area contributed by atoms with Crippen LogP contribution in [0.15, 0.2) is 0 Å². The topological polar surface area (TPSA) is 81.2 Å². The van der Waals surface area contributed by atoms with E-state index in [4.69, 9.17) is 24.4 Å². The van der Waals surface area contributed by atoms with E-state index in [1.54, 1.807) is 0 Å². The molecule has 0 aliphatic carbocycles. The van der Waals surface area contributed by atoms with Crippen molar-refractivity contribution in [1.82, 2.24) is 19.6 Å². The predicted molar refractivity (Wildman–Crippen MR) is 142 cm³/mol. The van der Waals surface area contributed by atoms with Gasteiger partial charge in [0, 0.05) is 0 Å². The molecule has 2 aliphatic heterocycles. The average Bonchev–Trinajstić information content (AvgIpc) is 2.52. The third-order valence-electron chi connectivity index (χ3n) is 3.10. The van der Waals surface area contributed by atoms with E-state index >= 15 is 0 Å². The van der Waals surface area contributed by atoms with Crippen LogP contribution in [0.25, 0.3) is 0 Å². The molecule has 0 saturated carbocycles. The SMILES string of the molecule is O=C1CC(=O)N(C(=S)[S-])C(=S)N1C(=S)[S-].O=C1CC(=O)N(C(=S)[S-])C(=S)N1C(=S)[S-].[Mn+2].[Mn+2]. The smallest absolute Gasteiger partial charge is 0.410 e. The van der Waals surface area contributed by atoms with Crippen LogP contribution in [0.1, 0.15) is 12.8 Å². The van der Waals surface area contributed by atoms with Gasteiger partial charge in [-0.1, -0.05) is 0 Å². The van der Waals surface area contributed by atoms with Crippen molar-refractivity contribution in [2.75, 3.05) is 0 Å². The van der Waals surface area contributed by atoms with E-state index in [0.717, 1.165) is 19.6 Å². The van der Waals surface area contributed by atoms with E-state index in [0.29, 0.717) is 0 Å². The van der Waals surface area contributed by atoms with E-state index in [9.17, 15) is 19.2 Å². The van der Waals surface area contributed by atoms with Gasteiger partial charge in [0.05, 0.1) is 0 Å². The standard InChI is InChI=1S/2C6H4N2O2S5.2Mn/c2*9-2-1-3(10)8(6(14)15)4(11)7(2)5(12)13;;/h2*1H2,(H,12,13)(H,14,15);;/q;;2*+2/p-4. The fourth-order valence-corrected chi connectivity index (χ4v) is 4.66. The van der Waals surface area contributed by atoms with Gasteiger partial charge in [-0.15, -0.1) is 0 Å². The number of nitrogens with zero attached hydrogens (tertiary/aromatic N) is 4. The molecule has 32 heavy (non-hydrogen) atoms. The summed E-state index contributed by atoms with van der Waals surface area (Å²) in [5.74, 6) is -2.19. The van der Waals surface area contributed by atoms with Crippen molar-refractivity contribution in [1.29, 1.82) is 0 Å². The minimum absolute atomic E-state index is 0. The molecule has 2 aliphatic rings. The van der Waals surface area contributed by atoms with Gasteiger partial charge in [-0.2, -0.15) is 0 Å². The molecular weight excluding hydrogens is 695 g/mol. The zero-order valence-corrected chi connectivity index (χ0v) is 25.2. The average molecular weight is 699 g/mol. The number of hydrogen-bond acceptors (Lipinski definition) is 14. The number of carbonyl (C=O) groups is 4. The first-order valence-corrected chi connectivity index (χ1v) is 11.0. The van der Waals surface area contributed by atoms with Gasteiger partial charge in [-0.05, 0) is 41.7 Å². The Labute approximate surface area is 257 Å². The van der Waals surface area contributed by atoms with Crippen molar-refractivity contribution in [2.45, 2.75) is 12.8 Å². The number of hydrogen-bond donors (Lipinski definition) is 0. The molecule has 0 N–H and O–H groups in total. The molecule has 20 heteroatoms. The van der Waals surface area contributed by atoms with Gasteiger partial charge in [0.25, 0.3) is 0 Å². The Balaban J connectivity index is 0. The first-order valence-electron chi connectivity index (χ1n) is 6.96. The molecular formula is C12H4Mn2N4O4S10. The Morgan fingerprint density at radius 2 is 0.688 bits per heavy atom. The molecule has 2 radical (unpaired) electrons. The minimum Gasteiger partial charge on any atom is -0.410 e. The summed E-state index contributed by atoms with van der Waals surface area (Å²) in [6.07, 6.45) is -0.763. The van der Waals surface area contributed by atoms with Crippen LogP contribution in [-0.2, 0) is 104 Å². The van der Waals surface area contributed by atoms with Crippen molar-refractivity contribution < 1.29 is 53.3 Å². The second-order valence-electron chi connectivity index (χ2n) is 4.90. The molecule has 2 fully saturated rings. The Kier molecular flexibility index (Phi) is 15.8. The number of thiocarbonyl (C=S) groups is 6. The summed E-state index contributed by atoms with van der Waals surface area (Å²) in [6, 6.07) is 0. The molecule has 2 rings (SSSR count). The monoisotopic (exact) mass is 698 g/mol. The van der Waals surface area contributed by atoms with Crippen LogP contribution >= 0.6 is 73.3 Å². The second-order valence-corrected chi connectivity index (χ2v) is 9.76. The van der Waals surface area contributed by atoms with Crippen molar-refractivity contribution in [3.8, 4) is 0 Å². The molecule has 4 amide bonds. The number of rotatable bonds is 0. The molecule has 0 aromatic carbocycles. The molecule has 0 aromatic heterocycles. The maximum Gasteiger partial charge on any atom is 2.00 e. The first kappa shape index (κ1) is 34.5. The van der Waals surface area contributed by atoms with Crippen LogP contribution in [0.5, 0.6) is 0 Å². The summed E-state index contributed by atoms with van der Waals surface area (Å²) in [5, 5.41) is -0.312. The predicted octanol–water partition coefficient (Wildman–Crippen LogP) is -0.0134. The van der Waals surface area contributed by atoms with Crippen molar-refractivity contribution >= 4 is 175 Å². The third-order valence-corrected chi connectivity index (χ3v) is 5.29. The summed E-state index contributed by atoms with van der Waals surface area (Å²) in [6.45, 7) is 0. The van der Waals surface area contributed by atoms with E-state index in [-0.39, 0.29) is 74.5 Å². The minimum atomic E-state index is -0.549. The normalized spacial score (nSPS) is 15.9. The van der Waals surface area contributed by atoms with Crippen molar-refractivity contribution in [3.05, 3.63) is 0 Å². The van der Waals surface area contributed by atoms with Gasteiger partial charge in [0.15, 0.2) is 10.2 Å². The van der Waals surface area contributed by atoms with Crippen LogP contribution in [0.2, 0.25) is 0 Å². The summed E-state index contributed by atoms with van der Waals surface area (Å²) in [5.41, 5.74) is 0. The summed E-state index contributed by atoms with van der Waals surface area (Å²) in [7, 11) is 0. The third kappa shape index (κ3) is 8.23. The maximum atomic E-state index is 11.4. The van der Waals surface area contributed by atoms with Crippen molar-refractivity contribution in [2.24, 2.45) is 0 Å². The van der Waals surface area contributed by atoms with Gasteiger partial charge < -0.3 is 99.4 Å². The molecule has 0 atom stereocenters. The zero-order chi connectivity index (χ0) is 23.5. The molecule has 170 valence electrons. The van der Waals surface area contributed by atoms with Gasteiger partial charge in [-0.3, -0.25) is 38.8 Å². The molecule has 0 spiro atoms. The summed E-state index contributed by atoms with van der Waals surface area (Å²) >= 11 is 47.0. The van der Waals surface area contributed by atoms with Gasteiger partial charge >= 0.3 is 34.1 Å². The van der Waals surface area contributed by atoms with Crippen LogP contribution in [-0.4, -0.2) is 70.7 Å². The van der Waals surface area contributed by atoms with Gasteiger partial charge in [0.1, 0.15) is 12.8 Å². The molecule has 0 bridgehead atoms. The van der Waals surface area contributed by atoms with Crippen LogP contribution in [0.4, 0.5) is 0 Å². The Bertz CT molecular complexity index is 803.